The first kappa shape index (κ1) is 18.8. The van der Waals surface area contributed by atoms with E-state index in [-0.39, 0.29) is 16.8 Å². The summed E-state index contributed by atoms with van der Waals surface area (Å²) in [6.07, 6.45) is 6.41. The van der Waals surface area contributed by atoms with Gasteiger partial charge in [-0.05, 0) is 48.9 Å². The molecule has 1 unspecified atom stereocenters. The zero-order valence-corrected chi connectivity index (χ0v) is 16.2. The molecule has 0 aliphatic carbocycles. The molecule has 0 fully saturated rings. The summed E-state index contributed by atoms with van der Waals surface area (Å²) in [6, 6.07) is 13.7. The van der Waals surface area contributed by atoms with E-state index in [0.717, 1.165) is 11.3 Å². The highest BCUT2D eigenvalue weighted by atomic mass is 32.2. The fourth-order valence-corrected chi connectivity index (χ4v) is 3.42. The third-order valence-electron chi connectivity index (χ3n) is 4.61. The van der Waals surface area contributed by atoms with Crippen LogP contribution in [0.1, 0.15) is 28.9 Å². The van der Waals surface area contributed by atoms with Crippen molar-refractivity contribution in [2.75, 3.05) is 13.3 Å². The van der Waals surface area contributed by atoms with Crippen LogP contribution in [0.4, 0.5) is 0 Å². The van der Waals surface area contributed by atoms with E-state index in [2.05, 4.69) is 4.98 Å². The molecule has 1 aromatic heterocycles. The molecule has 1 atom stereocenters. The van der Waals surface area contributed by atoms with Gasteiger partial charge in [-0.3, -0.25) is 4.79 Å². The Morgan fingerprint density at radius 1 is 1.07 bits per heavy atom. The Balaban J connectivity index is 1.76. The summed E-state index contributed by atoms with van der Waals surface area (Å²) < 4.78 is 25.0. The molecule has 1 heterocycles. The molecule has 0 N–H and O–H groups in total. The summed E-state index contributed by atoms with van der Waals surface area (Å²) in [5.74, 6) is -0.105. The lowest BCUT2D eigenvalue weighted by Gasteiger charge is -2.25. The molecule has 27 heavy (non-hydrogen) atoms. The molecule has 7 heteroatoms. The van der Waals surface area contributed by atoms with E-state index >= 15 is 0 Å². The van der Waals surface area contributed by atoms with E-state index in [1.54, 1.807) is 60.9 Å². The minimum Gasteiger partial charge on any atom is -0.335 e. The number of hydrogen-bond donors (Lipinski definition) is 0. The van der Waals surface area contributed by atoms with Gasteiger partial charge in [0.05, 0.1) is 17.3 Å². The number of hydrogen-bond acceptors (Lipinski definition) is 4. The lowest BCUT2D eigenvalue weighted by Crippen LogP contribution is -2.29. The highest BCUT2D eigenvalue weighted by Gasteiger charge is 2.19. The van der Waals surface area contributed by atoms with E-state index < -0.39 is 9.84 Å². The number of carbonyl (C=O) groups is 1. The van der Waals surface area contributed by atoms with E-state index in [1.165, 1.54) is 6.26 Å². The summed E-state index contributed by atoms with van der Waals surface area (Å²) in [7, 11) is -1.50. The average Bonchev–Trinajstić information content (AvgIpc) is 3.20. The smallest absolute Gasteiger partial charge is 0.254 e. The number of imidazole rings is 1. The molecule has 3 rings (SSSR count). The van der Waals surface area contributed by atoms with Crippen molar-refractivity contribution in [3.8, 4) is 5.69 Å². The van der Waals surface area contributed by atoms with E-state index in [0.29, 0.717) is 5.56 Å². The minimum absolute atomic E-state index is 0.105. The SMILES string of the molecule is CC(c1ccc(S(C)(=O)=O)cc1)N(C)C(=O)c1ccc(-n2ccnc2)cc1. The molecular formula is C20H21N3O3S. The van der Waals surface area contributed by atoms with Gasteiger partial charge >= 0.3 is 0 Å². The summed E-state index contributed by atoms with van der Waals surface area (Å²) in [6.45, 7) is 1.91. The molecule has 0 aliphatic rings. The van der Waals surface area contributed by atoms with Crippen LogP contribution in [0.5, 0.6) is 0 Å². The number of sulfone groups is 1. The van der Waals surface area contributed by atoms with Crippen molar-refractivity contribution in [3.63, 3.8) is 0 Å². The number of carbonyl (C=O) groups excluding carboxylic acids is 1. The zero-order chi connectivity index (χ0) is 19.6. The molecule has 0 radical (unpaired) electrons. The van der Waals surface area contributed by atoms with Crippen LogP contribution < -0.4 is 0 Å². The zero-order valence-electron chi connectivity index (χ0n) is 15.4. The molecule has 3 aromatic rings. The van der Waals surface area contributed by atoms with Gasteiger partial charge in [-0.15, -0.1) is 0 Å². The maximum absolute atomic E-state index is 12.8. The first-order chi connectivity index (χ1) is 12.8. The highest BCUT2D eigenvalue weighted by molar-refractivity contribution is 7.90. The van der Waals surface area contributed by atoms with Gasteiger partial charge < -0.3 is 9.47 Å². The lowest BCUT2D eigenvalue weighted by atomic mass is 10.1. The molecule has 6 nitrogen and oxygen atoms in total. The number of rotatable bonds is 5. The topological polar surface area (TPSA) is 72.3 Å². The maximum Gasteiger partial charge on any atom is 0.254 e. The van der Waals surface area contributed by atoms with Crippen LogP contribution in [-0.2, 0) is 9.84 Å². The number of amides is 1. The Hall–Kier alpha value is -2.93. The molecule has 140 valence electrons. The molecule has 0 spiro atoms. The van der Waals surface area contributed by atoms with Crippen molar-refractivity contribution in [1.82, 2.24) is 14.5 Å². The Kier molecular flexibility index (Phi) is 5.14. The molecule has 1 amide bonds. The van der Waals surface area contributed by atoms with Crippen LogP contribution in [0.15, 0.2) is 72.1 Å². The monoisotopic (exact) mass is 383 g/mol. The Labute approximate surface area is 159 Å². The molecule has 0 saturated carbocycles. The van der Waals surface area contributed by atoms with Crippen molar-refractivity contribution in [1.29, 1.82) is 0 Å². The van der Waals surface area contributed by atoms with Crippen molar-refractivity contribution >= 4 is 15.7 Å². The number of nitrogens with zero attached hydrogens (tertiary/aromatic N) is 3. The minimum atomic E-state index is -3.23. The standard InChI is InChI=1S/C20H21N3O3S/c1-15(16-6-10-19(11-7-16)27(3,25)26)22(2)20(24)17-4-8-18(9-5-17)23-13-12-21-14-23/h4-15H,1-3H3. The van der Waals surface area contributed by atoms with Gasteiger partial charge in [-0.25, -0.2) is 13.4 Å². The lowest BCUT2D eigenvalue weighted by molar-refractivity contribution is 0.0742. The second kappa shape index (κ2) is 7.36. The van der Waals surface area contributed by atoms with Gasteiger partial charge in [0.1, 0.15) is 0 Å². The quantitative estimate of drug-likeness (QED) is 0.679. The molecular weight excluding hydrogens is 362 g/mol. The van der Waals surface area contributed by atoms with Crippen LogP contribution in [0.25, 0.3) is 5.69 Å². The Morgan fingerprint density at radius 3 is 2.22 bits per heavy atom. The number of aromatic nitrogens is 2. The van der Waals surface area contributed by atoms with E-state index in [1.807, 2.05) is 29.8 Å². The highest BCUT2D eigenvalue weighted by Crippen LogP contribution is 2.23. The predicted molar refractivity (Wildman–Crippen MR) is 104 cm³/mol. The first-order valence-electron chi connectivity index (χ1n) is 8.43. The maximum atomic E-state index is 12.8. The van der Waals surface area contributed by atoms with Gasteiger partial charge in [0.25, 0.3) is 5.91 Å². The second-order valence-corrected chi connectivity index (χ2v) is 8.47. The van der Waals surface area contributed by atoms with Gasteiger partial charge in [0, 0.05) is 36.9 Å². The summed E-state index contributed by atoms with van der Waals surface area (Å²) in [4.78, 5) is 18.7. The third kappa shape index (κ3) is 4.09. The second-order valence-electron chi connectivity index (χ2n) is 6.45. The molecule has 0 bridgehead atoms. The molecule has 2 aromatic carbocycles. The van der Waals surface area contributed by atoms with Crippen LogP contribution >= 0.6 is 0 Å². The van der Waals surface area contributed by atoms with Crippen molar-refractivity contribution in [2.45, 2.75) is 17.9 Å². The third-order valence-corrected chi connectivity index (χ3v) is 5.74. The largest absolute Gasteiger partial charge is 0.335 e. The summed E-state index contributed by atoms with van der Waals surface area (Å²) in [5.41, 5.74) is 2.38. The van der Waals surface area contributed by atoms with Crippen molar-refractivity contribution in [3.05, 3.63) is 78.4 Å². The number of benzene rings is 2. The molecule has 0 aliphatic heterocycles. The van der Waals surface area contributed by atoms with Gasteiger partial charge in [-0.1, -0.05) is 12.1 Å². The van der Waals surface area contributed by atoms with Gasteiger partial charge in [-0.2, -0.15) is 0 Å². The van der Waals surface area contributed by atoms with Crippen LogP contribution in [0.3, 0.4) is 0 Å². The normalized spacial score (nSPS) is 12.6. The van der Waals surface area contributed by atoms with Crippen molar-refractivity contribution < 1.29 is 13.2 Å². The first-order valence-corrected chi connectivity index (χ1v) is 10.3. The van der Waals surface area contributed by atoms with Crippen LogP contribution in [-0.4, -0.2) is 42.1 Å². The van der Waals surface area contributed by atoms with Crippen LogP contribution in [0, 0.1) is 0 Å². The van der Waals surface area contributed by atoms with Crippen molar-refractivity contribution in [2.24, 2.45) is 0 Å². The van der Waals surface area contributed by atoms with Gasteiger partial charge in [0.2, 0.25) is 0 Å². The molecule has 0 saturated heterocycles. The summed E-state index contributed by atoms with van der Waals surface area (Å²) >= 11 is 0. The average molecular weight is 383 g/mol. The van der Waals surface area contributed by atoms with E-state index in [9.17, 15) is 13.2 Å². The van der Waals surface area contributed by atoms with Crippen LogP contribution in [0.2, 0.25) is 0 Å². The Bertz CT molecular complexity index is 1030. The van der Waals surface area contributed by atoms with E-state index in [4.69, 9.17) is 0 Å². The fraction of sp³-hybridized carbons (Fsp3) is 0.200. The Morgan fingerprint density at radius 2 is 1.70 bits per heavy atom. The fourth-order valence-electron chi connectivity index (χ4n) is 2.78. The predicted octanol–water partition coefficient (Wildman–Crippen LogP) is 3.11. The van der Waals surface area contributed by atoms with Gasteiger partial charge in [0.15, 0.2) is 9.84 Å². The summed E-state index contributed by atoms with van der Waals surface area (Å²) in [5, 5.41) is 0.